The fourth-order valence-electron chi connectivity index (χ4n) is 0.354. The van der Waals surface area contributed by atoms with Gasteiger partial charge in [-0.05, 0) is 6.04 Å². The molecule has 0 atom stereocenters. The van der Waals surface area contributed by atoms with Crippen LogP contribution in [0.2, 0.25) is 6.04 Å². The number of hydrogen-bond acceptors (Lipinski definition) is 2. The predicted octanol–water partition coefficient (Wildman–Crippen LogP) is -0.0457. The molecule has 0 aromatic heterocycles. The summed E-state index contributed by atoms with van der Waals surface area (Å²) in [5.41, 5.74) is 0. The van der Waals surface area contributed by atoms with Crippen LogP contribution in [0.25, 0.3) is 0 Å². The molecular weight excluding hydrogens is 80.1 g/mol. The minimum Gasteiger partial charge on any atom is -0.246 e. The summed E-state index contributed by atoms with van der Waals surface area (Å²) in [7, 11) is 0.00154. The van der Waals surface area contributed by atoms with Crippen LogP contribution >= 0.6 is 0 Å². The van der Waals surface area contributed by atoms with Crippen LogP contribution in [0.5, 0.6) is 0 Å². The quantitative estimate of drug-likeness (QED) is 0.369. The van der Waals surface area contributed by atoms with E-state index >= 15 is 0 Å². The predicted molar refractivity (Wildman–Crippen MR) is 23.1 cm³/mol. The smallest absolute Gasteiger partial charge is 0.180 e. The SMILES string of the molecule is C1C[SiH2]N=N1. The summed E-state index contributed by atoms with van der Waals surface area (Å²) in [6.07, 6.45) is 0. The molecule has 0 aliphatic carbocycles. The minimum absolute atomic E-state index is 0.00154. The van der Waals surface area contributed by atoms with Gasteiger partial charge in [-0.25, -0.2) is 9.89 Å². The van der Waals surface area contributed by atoms with Crippen molar-refractivity contribution in [2.45, 2.75) is 6.04 Å². The summed E-state index contributed by atoms with van der Waals surface area (Å²) >= 11 is 0. The van der Waals surface area contributed by atoms with Gasteiger partial charge in [-0.3, -0.25) is 0 Å². The molecule has 0 saturated carbocycles. The highest BCUT2D eigenvalue weighted by atomic mass is 28.2. The molecule has 0 saturated heterocycles. The maximum absolute atomic E-state index is 3.85. The van der Waals surface area contributed by atoms with Gasteiger partial charge in [0.05, 0.1) is 6.54 Å². The molecule has 0 unspecified atom stereocenters. The molecule has 0 aromatic rings. The lowest BCUT2D eigenvalue weighted by molar-refractivity contribution is 1.09. The third kappa shape index (κ3) is 0.543. The first-order chi connectivity index (χ1) is 2.50. The van der Waals surface area contributed by atoms with Crippen molar-refractivity contribution in [2.24, 2.45) is 9.89 Å². The van der Waals surface area contributed by atoms with Gasteiger partial charge >= 0.3 is 0 Å². The molecule has 5 heavy (non-hydrogen) atoms. The van der Waals surface area contributed by atoms with Gasteiger partial charge in [-0.2, -0.15) is 0 Å². The fraction of sp³-hybridized carbons (Fsp3) is 1.00. The number of nitrogens with zero attached hydrogens (tertiary/aromatic N) is 2. The van der Waals surface area contributed by atoms with Gasteiger partial charge in [-0.15, -0.1) is 0 Å². The molecule has 1 rings (SSSR count). The fourth-order valence-corrected chi connectivity index (χ4v) is 1.06. The van der Waals surface area contributed by atoms with Crippen molar-refractivity contribution >= 4 is 9.68 Å². The zero-order chi connectivity index (χ0) is 3.54. The zero-order valence-electron chi connectivity index (χ0n) is 3.02. The highest BCUT2D eigenvalue weighted by Gasteiger charge is 1.89. The molecular formula is C2H6N2Si. The molecule has 0 amide bonds. The molecule has 0 spiro atoms. The molecule has 0 radical (unpaired) electrons. The summed E-state index contributed by atoms with van der Waals surface area (Å²) in [6.45, 7) is 1.02. The summed E-state index contributed by atoms with van der Waals surface area (Å²) < 4.78 is 3.85. The van der Waals surface area contributed by atoms with Gasteiger partial charge in [0.15, 0.2) is 9.68 Å². The summed E-state index contributed by atoms with van der Waals surface area (Å²) in [6, 6.07) is 1.31. The molecule has 28 valence electrons. The minimum atomic E-state index is 0.00154. The lowest BCUT2D eigenvalue weighted by Gasteiger charge is -1.62. The Morgan fingerprint density at radius 3 is 2.80 bits per heavy atom. The second-order valence-electron chi connectivity index (χ2n) is 1.08. The second kappa shape index (κ2) is 1.31. The molecule has 0 fully saturated rings. The van der Waals surface area contributed by atoms with Gasteiger partial charge in [0, 0.05) is 0 Å². The van der Waals surface area contributed by atoms with E-state index in [0.717, 1.165) is 6.54 Å². The molecule has 0 bridgehead atoms. The van der Waals surface area contributed by atoms with Gasteiger partial charge in [0.1, 0.15) is 0 Å². The van der Waals surface area contributed by atoms with Crippen molar-refractivity contribution < 1.29 is 0 Å². The van der Waals surface area contributed by atoms with Crippen LogP contribution in [-0.2, 0) is 0 Å². The topological polar surface area (TPSA) is 24.7 Å². The first-order valence-corrected chi connectivity index (χ1v) is 3.46. The van der Waals surface area contributed by atoms with Crippen molar-refractivity contribution in [1.82, 2.24) is 0 Å². The first-order valence-electron chi connectivity index (χ1n) is 1.83. The van der Waals surface area contributed by atoms with Crippen molar-refractivity contribution in [3.05, 3.63) is 0 Å². The lowest BCUT2D eigenvalue weighted by Crippen LogP contribution is -1.72. The Morgan fingerprint density at radius 2 is 2.60 bits per heavy atom. The second-order valence-corrected chi connectivity index (χ2v) is 2.52. The maximum Gasteiger partial charge on any atom is 0.180 e. The van der Waals surface area contributed by atoms with Gasteiger partial charge in [-0.1, -0.05) is 0 Å². The van der Waals surface area contributed by atoms with Crippen LogP contribution in [0, 0.1) is 0 Å². The molecule has 1 aliphatic heterocycles. The van der Waals surface area contributed by atoms with E-state index in [1.54, 1.807) is 0 Å². The Labute approximate surface area is 33.2 Å². The first kappa shape index (κ1) is 3.02. The van der Waals surface area contributed by atoms with Crippen molar-refractivity contribution in [3.8, 4) is 0 Å². The summed E-state index contributed by atoms with van der Waals surface area (Å²) in [5, 5.41) is 3.77. The molecule has 0 N–H and O–H groups in total. The van der Waals surface area contributed by atoms with E-state index in [2.05, 4.69) is 9.89 Å². The third-order valence-corrected chi connectivity index (χ3v) is 1.65. The van der Waals surface area contributed by atoms with Gasteiger partial charge in [0.2, 0.25) is 0 Å². The number of rotatable bonds is 0. The third-order valence-electron chi connectivity index (χ3n) is 0.616. The standard InChI is InChI=1S/C2H6N2Si/c1-2-5-4-3-1/h1-2,5H2. The Balaban J connectivity index is 2.32. The van der Waals surface area contributed by atoms with E-state index in [-0.39, 0.29) is 9.68 Å². The van der Waals surface area contributed by atoms with Crippen molar-refractivity contribution in [3.63, 3.8) is 0 Å². The van der Waals surface area contributed by atoms with E-state index in [0.29, 0.717) is 0 Å². The van der Waals surface area contributed by atoms with Crippen LogP contribution in [0.1, 0.15) is 0 Å². The van der Waals surface area contributed by atoms with Crippen LogP contribution in [0.4, 0.5) is 0 Å². The van der Waals surface area contributed by atoms with E-state index in [4.69, 9.17) is 0 Å². The lowest BCUT2D eigenvalue weighted by atomic mass is 10.8. The Hall–Kier alpha value is -0.183. The Morgan fingerprint density at radius 1 is 1.60 bits per heavy atom. The molecule has 1 aliphatic rings. The van der Waals surface area contributed by atoms with E-state index in [1.165, 1.54) is 6.04 Å². The highest BCUT2D eigenvalue weighted by Crippen LogP contribution is 1.90. The zero-order valence-corrected chi connectivity index (χ0v) is 4.43. The molecule has 1 heterocycles. The number of hydrogen-bond donors (Lipinski definition) is 0. The molecule has 3 heteroatoms. The Bertz CT molecular complexity index is 45.6. The van der Waals surface area contributed by atoms with Crippen LogP contribution in [0.3, 0.4) is 0 Å². The van der Waals surface area contributed by atoms with Gasteiger partial charge < -0.3 is 0 Å². The van der Waals surface area contributed by atoms with Crippen LogP contribution in [-0.4, -0.2) is 16.2 Å². The largest absolute Gasteiger partial charge is 0.246 e. The molecule has 0 aromatic carbocycles. The van der Waals surface area contributed by atoms with Gasteiger partial charge in [0.25, 0.3) is 0 Å². The van der Waals surface area contributed by atoms with E-state index < -0.39 is 0 Å². The van der Waals surface area contributed by atoms with Crippen molar-refractivity contribution in [1.29, 1.82) is 0 Å². The van der Waals surface area contributed by atoms with Crippen LogP contribution < -0.4 is 0 Å². The maximum atomic E-state index is 3.85. The summed E-state index contributed by atoms with van der Waals surface area (Å²) in [4.78, 5) is 0. The monoisotopic (exact) mass is 86.0 g/mol. The average Bonchev–Trinajstić information content (AvgIpc) is 1.76. The average molecular weight is 86.2 g/mol. The van der Waals surface area contributed by atoms with Crippen molar-refractivity contribution in [2.75, 3.05) is 6.54 Å². The highest BCUT2D eigenvalue weighted by molar-refractivity contribution is 6.33. The van der Waals surface area contributed by atoms with E-state index in [1.807, 2.05) is 0 Å². The Kier molecular flexibility index (Phi) is 0.790. The normalized spacial score (nSPS) is 25.6. The van der Waals surface area contributed by atoms with E-state index in [9.17, 15) is 0 Å². The summed E-state index contributed by atoms with van der Waals surface area (Å²) in [5.74, 6) is 0. The molecule has 2 nitrogen and oxygen atoms in total. The van der Waals surface area contributed by atoms with Crippen LogP contribution in [0.15, 0.2) is 9.89 Å².